The van der Waals surface area contributed by atoms with E-state index in [0.29, 0.717) is 31.5 Å². The Labute approximate surface area is 282 Å². The normalized spacial score (nSPS) is 11.4. The van der Waals surface area contributed by atoms with Gasteiger partial charge in [0.15, 0.2) is 34.9 Å². The summed E-state index contributed by atoms with van der Waals surface area (Å²) < 4.78 is 51.7. The van der Waals surface area contributed by atoms with Crippen LogP contribution in [-0.2, 0) is 9.59 Å². The van der Waals surface area contributed by atoms with Gasteiger partial charge in [0.1, 0.15) is 11.6 Å². The highest BCUT2D eigenvalue weighted by Crippen LogP contribution is 2.37. The summed E-state index contributed by atoms with van der Waals surface area (Å²) in [4.78, 5) is 70.7. The number of rotatable bonds is 10. The minimum atomic E-state index is -1.74. The number of ether oxygens (including phenoxy) is 4. The summed E-state index contributed by atoms with van der Waals surface area (Å²) in [5.74, 6) is -3.02. The molecule has 2 amide bonds. The Kier molecular flexibility index (Phi) is 9.91. The van der Waals surface area contributed by atoms with Gasteiger partial charge in [0.2, 0.25) is 5.75 Å². The molecule has 0 aliphatic carbocycles. The molecule has 0 aliphatic heterocycles. The molecule has 2 aromatic heterocycles. The zero-order valence-electron chi connectivity index (χ0n) is 27.2. The Balaban J connectivity index is 1.45. The lowest BCUT2D eigenvalue weighted by molar-refractivity contribution is -0.137. The van der Waals surface area contributed by atoms with Crippen LogP contribution in [0.3, 0.4) is 0 Å². The molecule has 5 aromatic rings. The second kappa shape index (κ2) is 14.3. The number of nitrogens with zero attached hydrogens (tertiary/aromatic N) is 4. The van der Waals surface area contributed by atoms with E-state index in [-0.39, 0.29) is 22.9 Å². The van der Waals surface area contributed by atoms with Gasteiger partial charge in [-0.3, -0.25) is 29.3 Å². The summed E-state index contributed by atoms with van der Waals surface area (Å²) in [5, 5.41) is 2.78. The van der Waals surface area contributed by atoms with Crippen LogP contribution in [0.25, 0.3) is 16.6 Å². The van der Waals surface area contributed by atoms with Gasteiger partial charge in [-0.15, -0.1) is 0 Å². The van der Waals surface area contributed by atoms with Crippen LogP contribution in [0.15, 0.2) is 82.6 Å². The van der Waals surface area contributed by atoms with Crippen molar-refractivity contribution >= 4 is 34.4 Å². The van der Waals surface area contributed by atoms with Crippen molar-refractivity contribution in [3.8, 4) is 34.4 Å². The fourth-order valence-corrected chi connectivity index (χ4v) is 4.91. The third kappa shape index (κ3) is 6.99. The number of pyridine rings is 1. The average Bonchev–Trinajstić information content (AvgIpc) is 3.08. The highest BCUT2D eigenvalue weighted by atomic mass is 19.1. The second-order valence-electron chi connectivity index (χ2n) is 10.8. The molecule has 2 heterocycles. The number of hydrogen-bond donors (Lipinski definition) is 1. The molecule has 16 heteroatoms. The van der Waals surface area contributed by atoms with Crippen LogP contribution in [0, 0.1) is 11.6 Å². The standard InChI is InChI=1S/C34H29F2N5O9/c1-18(42)30(32(44)39(2)3)40-17-29(31(43)41(34(40)46)21-9-6-19(35)7-10-21)50-33(45)38-20-8-11-26(23(36)14-20)49-25-12-13-37-24-16-28(48-5)27(47-4)15-22(24)25/h6-17,30H,1-5H3,(H,38,45). The van der Waals surface area contributed by atoms with E-state index in [9.17, 15) is 28.4 Å². The number of Topliss-reactive ketones (excluding diaryl/α,β-unsaturated/α-hetero) is 1. The van der Waals surface area contributed by atoms with Crippen molar-refractivity contribution in [2.75, 3.05) is 33.6 Å². The summed E-state index contributed by atoms with van der Waals surface area (Å²) in [7, 11) is 5.65. The van der Waals surface area contributed by atoms with Gasteiger partial charge in [-0.05, 0) is 55.5 Å². The number of hydrogen-bond acceptors (Lipinski definition) is 10. The molecule has 0 saturated heterocycles. The van der Waals surface area contributed by atoms with Gasteiger partial charge in [-0.25, -0.2) is 22.9 Å². The largest absolute Gasteiger partial charge is 0.493 e. The van der Waals surface area contributed by atoms with Crippen molar-refractivity contribution in [1.82, 2.24) is 19.0 Å². The lowest BCUT2D eigenvalue weighted by atomic mass is 10.1. The fourth-order valence-electron chi connectivity index (χ4n) is 4.91. The van der Waals surface area contributed by atoms with E-state index >= 15 is 4.39 Å². The Bertz CT molecular complexity index is 2250. The number of carbonyl (C=O) groups excluding carboxylic acids is 3. The van der Waals surface area contributed by atoms with Crippen molar-refractivity contribution < 1.29 is 42.1 Å². The van der Waals surface area contributed by atoms with Crippen molar-refractivity contribution in [3.05, 3.63) is 106 Å². The molecule has 258 valence electrons. The highest BCUT2D eigenvalue weighted by molar-refractivity contribution is 6.02. The van der Waals surface area contributed by atoms with E-state index < -0.39 is 52.5 Å². The maximum absolute atomic E-state index is 15.2. The van der Waals surface area contributed by atoms with Crippen LogP contribution in [-0.4, -0.2) is 65.1 Å². The Hall–Kier alpha value is -6.58. The molecule has 50 heavy (non-hydrogen) atoms. The third-order valence-electron chi connectivity index (χ3n) is 7.31. The molecular weight excluding hydrogens is 660 g/mol. The molecule has 0 bridgehead atoms. The van der Waals surface area contributed by atoms with Gasteiger partial charge in [0, 0.05) is 43.5 Å². The number of likely N-dealkylation sites (N-methyl/N-ethyl adjacent to an activating group) is 1. The molecule has 1 N–H and O–H groups in total. The number of aromatic nitrogens is 3. The minimum absolute atomic E-state index is 0.109. The zero-order valence-corrected chi connectivity index (χ0v) is 27.2. The molecule has 0 saturated carbocycles. The van der Waals surface area contributed by atoms with Gasteiger partial charge in [0.25, 0.3) is 5.91 Å². The number of halogens is 2. The first-order valence-corrected chi connectivity index (χ1v) is 14.7. The summed E-state index contributed by atoms with van der Waals surface area (Å²) in [6, 6.07) is 10.7. The number of anilines is 1. The van der Waals surface area contributed by atoms with E-state index in [1.165, 1.54) is 52.7 Å². The van der Waals surface area contributed by atoms with E-state index in [1.807, 2.05) is 0 Å². The van der Waals surface area contributed by atoms with Crippen LogP contribution in [0.1, 0.15) is 13.0 Å². The number of fused-ring (bicyclic) bond motifs is 1. The van der Waals surface area contributed by atoms with Gasteiger partial charge in [-0.1, -0.05) is 0 Å². The van der Waals surface area contributed by atoms with Gasteiger partial charge in [-0.2, -0.15) is 0 Å². The summed E-state index contributed by atoms with van der Waals surface area (Å²) in [6.45, 7) is 1.06. The Morgan fingerprint density at radius 2 is 1.54 bits per heavy atom. The first kappa shape index (κ1) is 34.7. The number of carbonyl (C=O) groups is 3. The molecule has 0 fully saturated rings. The van der Waals surface area contributed by atoms with E-state index in [1.54, 1.807) is 12.1 Å². The number of nitrogens with one attached hydrogen (secondary N) is 1. The van der Waals surface area contributed by atoms with Crippen LogP contribution in [0.4, 0.5) is 19.3 Å². The predicted octanol–water partition coefficient (Wildman–Crippen LogP) is 4.46. The first-order chi connectivity index (χ1) is 23.8. The van der Waals surface area contributed by atoms with E-state index in [2.05, 4.69) is 10.3 Å². The van der Waals surface area contributed by atoms with Gasteiger partial charge >= 0.3 is 17.3 Å². The quantitative estimate of drug-likeness (QED) is 0.207. The summed E-state index contributed by atoms with van der Waals surface area (Å²) >= 11 is 0. The average molecular weight is 690 g/mol. The van der Waals surface area contributed by atoms with Gasteiger partial charge in [0.05, 0.1) is 31.6 Å². The van der Waals surface area contributed by atoms with Crippen molar-refractivity contribution in [2.45, 2.75) is 13.0 Å². The number of amides is 2. The lowest BCUT2D eigenvalue weighted by Gasteiger charge is -2.22. The lowest BCUT2D eigenvalue weighted by Crippen LogP contribution is -2.46. The van der Waals surface area contributed by atoms with E-state index in [0.717, 1.165) is 48.4 Å². The number of methoxy groups -OCH3 is 2. The highest BCUT2D eigenvalue weighted by Gasteiger charge is 2.31. The van der Waals surface area contributed by atoms with Crippen molar-refractivity contribution in [2.24, 2.45) is 0 Å². The van der Waals surface area contributed by atoms with Crippen molar-refractivity contribution in [3.63, 3.8) is 0 Å². The first-order valence-electron chi connectivity index (χ1n) is 14.7. The molecule has 14 nitrogen and oxygen atoms in total. The smallest absolute Gasteiger partial charge is 0.417 e. The van der Waals surface area contributed by atoms with Crippen molar-refractivity contribution in [1.29, 1.82) is 0 Å². The van der Waals surface area contributed by atoms with Gasteiger partial charge < -0.3 is 23.8 Å². The molecule has 5 rings (SSSR count). The Morgan fingerprint density at radius 1 is 0.860 bits per heavy atom. The monoisotopic (exact) mass is 689 g/mol. The van der Waals surface area contributed by atoms with Crippen LogP contribution in [0.2, 0.25) is 0 Å². The van der Waals surface area contributed by atoms with Crippen LogP contribution in [0.5, 0.6) is 28.7 Å². The SMILES string of the molecule is COc1cc2nccc(Oc3ccc(NC(=O)Oc4cn(C(C(C)=O)C(=O)N(C)C)c(=O)n(-c5ccc(F)cc5)c4=O)cc3F)c2cc1OC. The van der Waals surface area contributed by atoms with E-state index in [4.69, 9.17) is 18.9 Å². The minimum Gasteiger partial charge on any atom is -0.493 e. The number of ketones is 1. The summed E-state index contributed by atoms with van der Waals surface area (Å²) in [6.07, 6.45) is 0.930. The van der Waals surface area contributed by atoms with Crippen LogP contribution < -0.4 is 35.5 Å². The fraction of sp³-hybridized carbons (Fsp3) is 0.176. The topological polar surface area (TPSA) is 160 Å². The summed E-state index contributed by atoms with van der Waals surface area (Å²) in [5.41, 5.74) is -2.06. The molecule has 0 radical (unpaired) electrons. The third-order valence-corrected chi connectivity index (χ3v) is 7.31. The molecule has 0 spiro atoms. The Morgan fingerprint density at radius 3 is 2.16 bits per heavy atom. The molecule has 0 aliphatic rings. The maximum atomic E-state index is 15.2. The maximum Gasteiger partial charge on any atom is 0.417 e. The van der Waals surface area contributed by atoms with Crippen LogP contribution >= 0.6 is 0 Å². The second-order valence-corrected chi connectivity index (χ2v) is 10.8. The zero-order chi connectivity index (χ0) is 36.3. The molecule has 1 unspecified atom stereocenters. The molecular formula is C34H29F2N5O9. The number of benzene rings is 3. The molecule has 3 aromatic carbocycles. The predicted molar refractivity (Wildman–Crippen MR) is 176 cm³/mol. The molecule has 1 atom stereocenters.